The fourth-order valence-electron chi connectivity index (χ4n) is 12.7. The number of fused-ring (bicyclic) bond motifs is 10. The average molecular weight is 555 g/mol. The lowest BCUT2D eigenvalue weighted by molar-refractivity contribution is -0.124. The summed E-state index contributed by atoms with van der Waals surface area (Å²) in [6.07, 6.45) is 17.6. The van der Waals surface area contributed by atoms with Crippen LogP contribution < -0.4 is 15.8 Å². The molecule has 3 aliphatic heterocycles. The molecule has 41 heavy (non-hydrogen) atoms. The molecule has 4 aliphatic carbocycles. The smallest absolute Gasteiger partial charge is 0.341 e. The molecule has 1 N–H and O–H groups in total. The molecule has 1 aromatic carbocycles. The molecular formula is C37H50N2O2. The maximum absolute atomic E-state index is 14.1. The topological polar surface area (TPSA) is 45.5 Å². The zero-order chi connectivity index (χ0) is 27.7. The third-order valence-corrected chi connectivity index (χ3v) is 15.0. The number of aryl methyl sites for hydroxylation is 2. The highest BCUT2D eigenvalue weighted by Gasteiger charge is 2.61. The van der Waals surface area contributed by atoms with Gasteiger partial charge in [-0.05, 0) is 148 Å². The molecule has 4 heteroatoms. The van der Waals surface area contributed by atoms with Crippen LogP contribution in [0.5, 0.6) is 0 Å². The maximum atomic E-state index is 14.1. The Morgan fingerprint density at radius 1 is 0.902 bits per heavy atom. The van der Waals surface area contributed by atoms with Crippen LogP contribution in [0.15, 0.2) is 15.3 Å². The van der Waals surface area contributed by atoms with Crippen molar-refractivity contribution in [3.8, 4) is 0 Å². The first-order valence-electron chi connectivity index (χ1n) is 17.5. The molecule has 1 spiro atoms. The zero-order valence-electron chi connectivity index (χ0n) is 25.7. The number of anilines is 1. The van der Waals surface area contributed by atoms with Crippen molar-refractivity contribution in [3.63, 3.8) is 0 Å². The van der Waals surface area contributed by atoms with E-state index in [-0.39, 0.29) is 11.2 Å². The molecule has 9 rings (SSSR count). The first-order chi connectivity index (χ1) is 19.8. The summed E-state index contributed by atoms with van der Waals surface area (Å²) in [6.45, 7) is 11.1. The van der Waals surface area contributed by atoms with E-state index in [0.717, 1.165) is 86.6 Å². The van der Waals surface area contributed by atoms with Crippen LogP contribution >= 0.6 is 0 Å². The Hall–Kier alpha value is -1.81. The van der Waals surface area contributed by atoms with E-state index in [1.54, 1.807) is 0 Å². The molecule has 0 unspecified atom stereocenters. The van der Waals surface area contributed by atoms with E-state index in [4.69, 9.17) is 4.42 Å². The van der Waals surface area contributed by atoms with Crippen LogP contribution in [-0.2, 0) is 24.8 Å². The van der Waals surface area contributed by atoms with Crippen molar-refractivity contribution in [1.82, 2.24) is 5.32 Å². The second-order valence-corrected chi connectivity index (χ2v) is 16.3. The second kappa shape index (κ2) is 8.64. The molecule has 4 heterocycles. The molecule has 4 fully saturated rings. The van der Waals surface area contributed by atoms with Crippen LogP contribution in [0.2, 0.25) is 0 Å². The molecule has 0 saturated heterocycles. The number of nitrogens with one attached hydrogen (secondary N) is 1. The molecule has 4 nitrogen and oxygen atoms in total. The van der Waals surface area contributed by atoms with E-state index in [1.807, 2.05) is 0 Å². The van der Waals surface area contributed by atoms with Gasteiger partial charge in [-0.15, -0.1) is 0 Å². The summed E-state index contributed by atoms with van der Waals surface area (Å²) in [5.74, 6) is 4.35. The standard InChI is InChI=1S/C37H50N2O2/c1-22-8-11-29-26-10-9-24-21-37(16-15-36(24,3)30(26)12-14-35(22,29)2)31-25(13-17-38-37)28-20-23-6-4-18-39-19-5-7-27(32(23)39)33(28)41-34(31)40/h20,22,24,26,29-30,38H,4-19,21H2,1-3H3/t22-,24-,26-,29-,30-,35+,36-,37+/m0/s1. The quantitative estimate of drug-likeness (QED) is 0.342. The Morgan fingerprint density at radius 3 is 2.61 bits per heavy atom. The van der Waals surface area contributed by atoms with E-state index >= 15 is 0 Å². The predicted octanol–water partition coefficient (Wildman–Crippen LogP) is 7.51. The highest BCUT2D eigenvalue weighted by molar-refractivity contribution is 5.91. The molecule has 4 saturated carbocycles. The molecule has 7 aliphatic rings. The lowest BCUT2D eigenvalue weighted by Crippen LogP contribution is -2.60. The largest absolute Gasteiger partial charge is 0.422 e. The summed E-state index contributed by atoms with van der Waals surface area (Å²) in [5, 5.41) is 5.28. The molecule has 0 amide bonds. The van der Waals surface area contributed by atoms with Crippen LogP contribution in [0.1, 0.15) is 114 Å². The van der Waals surface area contributed by atoms with Crippen LogP contribution in [0, 0.1) is 40.4 Å². The van der Waals surface area contributed by atoms with E-state index in [9.17, 15) is 4.79 Å². The van der Waals surface area contributed by atoms with Crippen LogP contribution in [0.25, 0.3) is 11.0 Å². The van der Waals surface area contributed by atoms with Crippen molar-refractivity contribution in [1.29, 1.82) is 0 Å². The Balaban J connectivity index is 1.11. The van der Waals surface area contributed by atoms with Gasteiger partial charge in [0.2, 0.25) is 0 Å². The van der Waals surface area contributed by atoms with Gasteiger partial charge in [-0.25, -0.2) is 4.79 Å². The molecule has 1 aromatic heterocycles. The fourth-order valence-corrected chi connectivity index (χ4v) is 12.7. The van der Waals surface area contributed by atoms with Gasteiger partial charge in [0.05, 0.1) is 11.1 Å². The van der Waals surface area contributed by atoms with Crippen LogP contribution in [-0.4, -0.2) is 19.6 Å². The molecular weight excluding hydrogens is 504 g/mol. The highest BCUT2D eigenvalue weighted by Crippen LogP contribution is 2.68. The van der Waals surface area contributed by atoms with Gasteiger partial charge in [0.25, 0.3) is 0 Å². The summed E-state index contributed by atoms with van der Waals surface area (Å²) in [6, 6.07) is 2.45. The Morgan fingerprint density at radius 2 is 1.73 bits per heavy atom. The number of nitrogens with zero attached hydrogens (tertiary/aromatic N) is 1. The minimum Gasteiger partial charge on any atom is -0.422 e. The van der Waals surface area contributed by atoms with E-state index in [0.29, 0.717) is 16.7 Å². The van der Waals surface area contributed by atoms with Gasteiger partial charge in [0.1, 0.15) is 5.58 Å². The van der Waals surface area contributed by atoms with Gasteiger partial charge < -0.3 is 14.6 Å². The maximum Gasteiger partial charge on any atom is 0.341 e. The van der Waals surface area contributed by atoms with Crippen molar-refractivity contribution in [3.05, 3.63) is 38.7 Å². The highest BCUT2D eigenvalue weighted by atomic mass is 16.4. The second-order valence-electron chi connectivity index (χ2n) is 16.3. The fraction of sp³-hybridized carbons (Fsp3) is 0.757. The van der Waals surface area contributed by atoms with E-state index in [2.05, 4.69) is 37.1 Å². The molecule has 8 atom stereocenters. The van der Waals surface area contributed by atoms with Gasteiger partial charge in [-0.1, -0.05) is 20.8 Å². The normalized spacial score (nSPS) is 42.8. The van der Waals surface area contributed by atoms with Gasteiger partial charge in [0, 0.05) is 36.3 Å². The summed E-state index contributed by atoms with van der Waals surface area (Å²) >= 11 is 0. The minimum absolute atomic E-state index is 0.0329. The van der Waals surface area contributed by atoms with Crippen LogP contribution in [0.4, 0.5) is 5.69 Å². The third-order valence-electron chi connectivity index (χ3n) is 15.0. The van der Waals surface area contributed by atoms with Crippen molar-refractivity contribution < 1.29 is 4.42 Å². The Kier molecular flexibility index (Phi) is 5.41. The van der Waals surface area contributed by atoms with Crippen molar-refractivity contribution in [2.24, 2.45) is 40.4 Å². The zero-order valence-corrected chi connectivity index (χ0v) is 25.7. The summed E-state index contributed by atoms with van der Waals surface area (Å²) in [4.78, 5) is 16.7. The van der Waals surface area contributed by atoms with E-state index < -0.39 is 0 Å². The van der Waals surface area contributed by atoms with Gasteiger partial charge in [-0.2, -0.15) is 0 Å². The molecule has 0 bridgehead atoms. The summed E-state index contributed by atoms with van der Waals surface area (Å²) < 4.78 is 6.45. The summed E-state index contributed by atoms with van der Waals surface area (Å²) in [7, 11) is 0. The Bertz CT molecular complexity index is 1490. The number of hydrogen-bond acceptors (Lipinski definition) is 4. The van der Waals surface area contributed by atoms with Crippen LogP contribution in [0.3, 0.4) is 0 Å². The molecule has 220 valence electrons. The minimum atomic E-state index is -0.205. The van der Waals surface area contributed by atoms with Gasteiger partial charge in [-0.3, -0.25) is 0 Å². The average Bonchev–Trinajstić information content (AvgIpc) is 3.28. The molecule has 2 aromatic rings. The molecule has 0 radical (unpaired) electrons. The lowest BCUT2D eigenvalue weighted by Gasteiger charge is -2.63. The number of rotatable bonds is 0. The lowest BCUT2D eigenvalue weighted by atomic mass is 9.43. The summed E-state index contributed by atoms with van der Waals surface area (Å²) in [5.41, 5.74) is 8.29. The van der Waals surface area contributed by atoms with Crippen molar-refractivity contribution in [2.45, 2.75) is 116 Å². The van der Waals surface area contributed by atoms with Gasteiger partial charge >= 0.3 is 5.63 Å². The van der Waals surface area contributed by atoms with E-state index in [1.165, 1.54) is 85.6 Å². The monoisotopic (exact) mass is 554 g/mol. The first-order valence-corrected chi connectivity index (χ1v) is 17.5. The number of benzene rings is 1. The van der Waals surface area contributed by atoms with Crippen molar-refractivity contribution >= 4 is 16.7 Å². The number of hydrogen-bond donors (Lipinski definition) is 1. The first kappa shape index (κ1) is 25.7. The van der Waals surface area contributed by atoms with Gasteiger partial charge in [0.15, 0.2) is 0 Å². The third kappa shape index (κ3) is 3.30. The SMILES string of the molecule is C[C@H]1CC[C@H]2[C@@H]3CC[C@H]4C[C@@]5(CC[C@]4(C)[C@H]3CC[C@]12C)NCCc1c5c(=O)oc2c3c4c(cc12)CCCN4CCC3. The Labute approximate surface area is 246 Å². The predicted molar refractivity (Wildman–Crippen MR) is 166 cm³/mol. The van der Waals surface area contributed by atoms with Crippen molar-refractivity contribution in [2.75, 3.05) is 24.5 Å².